The van der Waals surface area contributed by atoms with E-state index >= 15 is 0 Å². The average Bonchev–Trinajstić information content (AvgIpc) is 1.92. The van der Waals surface area contributed by atoms with Crippen LogP contribution in [0.4, 0.5) is 0 Å². The molecule has 15 heavy (non-hydrogen) atoms. The Morgan fingerprint density at radius 3 is 2.07 bits per heavy atom. The Bertz CT molecular complexity index is 368. The van der Waals surface area contributed by atoms with E-state index in [2.05, 4.69) is 0 Å². The fraction of sp³-hybridized carbons (Fsp3) is 1.00. The van der Waals surface area contributed by atoms with Crippen molar-refractivity contribution in [1.29, 1.82) is 0 Å². The summed E-state index contributed by atoms with van der Waals surface area (Å²) in [5.74, 6) is -0.523. The molecule has 0 rings (SSSR count). The lowest BCUT2D eigenvalue weighted by atomic mass is 10.5. The molecule has 0 aromatic heterocycles. The van der Waals surface area contributed by atoms with Gasteiger partial charge in [-0.15, -0.1) is 0 Å². The summed E-state index contributed by atoms with van der Waals surface area (Å²) < 4.78 is 47.5. The van der Waals surface area contributed by atoms with Gasteiger partial charge >= 0.3 is 0 Å². The summed E-state index contributed by atoms with van der Waals surface area (Å²) in [6, 6.07) is 0. The Morgan fingerprint density at radius 1 is 1.13 bits per heavy atom. The maximum Gasteiger partial charge on any atom is 0.168 e. The molecule has 0 bridgehead atoms. The zero-order chi connectivity index (χ0) is 12.1. The number of aliphatic hydroxyl groups excluding tert-OH is 1. The predicted octanol–water partition coefficient (Wildman–Crippen LogP) is -1.20. The zero-order valence-corrected chi connectivity index (χ0v) is 10.3. The van der Waals surface area contributed by atoms with Crippen LogP contribution in [0.25, 0.3) is 0 Å². The minimum absolute atomic E-state index is 0.0176. The third-order valence-electron chi connectivity index (χ3n) is 1.42. The molecule has 0 saturated carbocycles. The molecule has 0 fully saturated rings. The van der Waals surface area contributed by atoms with E-state index in [1.807, 2.05) is 0 Å². The van der Waals surface area contributed by atoms with Gasteiger partial charge < -0.3 is 9.84 Å². The maximum atomic E-state index is 10.7. The van der Waals surface area contributed by atoms with Gasteiger partial charge in [0, 0.05) is 12.5 Å². The summed E-state index contributed by atoms with van der Waals surface area (Å²) in [6.07, 6.45) is 0.926. The summed E-state index contributed by atoms with van der Waals surface area (Å²) in [7, 11) is -6.32. The van der Waals surface area contributed by atoms with Crippen LogP contribution >= 0.6 is 0 Å². The minimum atomic E-state index is -3.28. The molecular weight excluding hydrogens is 244 g/mol. The number of rotatable bonds is 7. The highest BCUT2D eigenvalue weighted by Gasteiger charge is 2.12. The van der Waals surface area contributed by atoms with Crippen LogP contribution in [-0.4, -0.2) is 58.9 Å². The van der Waals surface area contributed by atoms with Crippen LogP contribution in [0.2, 0.25) is 0 Å². The molecule has 0 saturated heterocycles. The lowest BCUT2D eigenvalue weighted by Crippen LogP contribution is -2.23. The highest BCUT2D eigenvalue weighted by atomic mass is 32.2. The van der Waals surface area contributed by atoms with Crippen LogP contribution in [-0.2, 0) is 24.4 Å². The average molecular weight is 260 g/mol. The fourth-order valence-corrected chi connectivity index (χ4v) is 2.10. The molecule has 1 atom stereocenters. The molecule has 92 valence electrons. The Morgan fingerprint density at radius 2 is 1.67 bits per heavy atom. The molecule has 0 aromatic carbocycles. The highest BCUT2D eigenvalue weighted by molar-refractivity contribution is 7.90. The number of sulfone groups is 2. The lowest BCUT2D eigenvalue weighted by molar-refractivity contribution is -0.0818. The third kappa shape index (κ3) is 11.7. The minimum Gasteiger partial charge on any atom is -0.367 e. The van der Waals surface area contributed by atoms with Gasteiger partial charge in [0.1, 0.15) is 15.6 Å². The van der Waals surface area contributed by atoms with E-state index in [1.165, 1.54) is 0 Å². The lowest BCUT2D eigenvalue weighted by Gasteiger charge is -2.10. The number of hydrogen-bond acceptors (Lipinski definition) is 6. The highest BCUT2D eigenvalue weighted by Crippen LogP contribution is 1.96. The largest absolute Gasteiger partial charge is 0.367 e. The van der Waals surface area contributed by atoms with Crippen LogP contribution < -0.4 is 0 Å². The first-order chi connectivity index (χ1) is 6.60. The summed E-state index contributed by atoms with van der Waals surface area (Å²) in [5, 5.41) is 9.06. The van der Waals surface area contributed by atoms with E-state index in [1.54, 1.807) is 0 Å². The van der Waals surface area contributed by atoms with Crippen LogP contribution in [0.15, 0.2) is 0 Å². The van der Waals surface area contributed by atoms with Gasteiger partial charge in [-0.25, -0.2) is 16.8 Å². The molecule has 0 aliphatic heterocycles. The summed E-state index contributed by atoms with van der Waals surface area (Å²) >= 11 is 0. The molecule has 0 heterocycles. The van der Waals surface area contributed by atoms with Gasteiger partial charge in [-0.3, -0.25) is 0 Å². The van der Waals surface area contributed by atoms with E-state index < -0.39 is 31.7 Å². The van der Waals surface area contributed by atoms with Gasteiger partial charge in [0.2, 0.25) is 0 Å². The second kappa shape index (κ2) is 5.78. The SMILES string of the molecule is CS(=O)(=O)CCCOC(O)CS(C)(=O)=O. The van der Waals surface area contributed by atoms with Crippen molar-refractivity contribution in [3.05, 3.63) is 0 Å². The standard InChI is InChI=1S/C7H16O6S2/c1-14(9,10)5-3-4-13-7(8)6-15(2,11)12/h7-8H,3-6H2,1-2H3. The summed E-state index contributed by atoms with van der Waals surface area (Å²) in [5.41, 5.74) is 0. The second-order valence-electron chi connectivity index (χ2n) is 3.40. The van der Waals surface area contributed by atoms with Gasteiger partial charge in [0.25, 0.3) is 0 Å². The van der Waals surface area contributed by atoms with E-state index in [-0.39, 0.29) is 18.8 Å². The van der Waals surface area contributed by atoms with Gasteiger partial charge in [-0.1, -0.05) is 0 Å². The molecule has 1 N–H and O–H groups in total. The van der Waals surface area contributed by atoms with Crippen LogP contribution in [0.3, 0.4) is 0 Å². The Labute approximate surface area is 90.1 Å². The van der Waals surface area contributed by atoms with Crippen molar-refractivity contribution < 1.29 is 26.7 Å². The van der Waals surface area contributed by atoms with Gasteiger partial charge in [-0.2, -0.15) is 0 Å². The normalized spacial score (nSPS) is 15.1. The second-order valence-corrected chi connectivity index (χ2v) is 7.85. The van der Waals surface area contributed by atoms with Gasteiger partial charge in [0.15, 0.2) is 16.1 Å². The third-order valence-corrected chi connectivity index (χ3v) is 3.34. The van der Waals surface area contributed by atoms with Crippen LogP contribution in [0.5, 0.6) is 0 Å². The molecular formula is C7H16O6S2. The molecule has 0 aliphatic carbocycles. The van der Waals surface area contributed by atoms with Gasteiger partial charge in [-0.05, 0) is 6.42 Å². The van der Waals surface area contributed by atoms with E-state index in [4.69, 9.17) is 9.84 Å². The van der Waals surface area contributed by atoms with Gasteiger partial charge in [0.05, 0.1) is 12.4 Å². The van der Waals surface area contributed by atoms with Crippen molar-refractivity contribution in [3.8, 4) is 0 Å². The number of ether oxygens (including phenoxy) is 1. The topological polar surface area (TPSA) is 97.7 Å². The first-order valence-electron chi connectivity index (χ1n) is 4.25. The molecule has 0 aliphatic rings. The number of hydrogen-bond donors (Lipinski definition) is 1. The molecule has 0 radical (unpaired) electrons. The van der Waals surface area contributed by atoms with Crippen molar-refractivity contribution in [3.63, 3.8) is 0 Å². The Kier molecular flexibility index (Phi) is 5.71. The van der Waals surface area contributed by atoms with E-state index in [0.717, 1.165) is 12.5 Å². The van der Waals surface area contributed by atoms with E-state index in [9.17, 15) is 16.8 Å². The smallest absolute Gasteiger partial charge is 0.168 e. The predicted molar refractivity (Wildman–Crippen MR) is 56.0 cm³/mol. The van der Waals surface area contributed by atoms with Crippen molar-refractivity contribution in [1.82, 2.24) is 0 Å². The van der Waals surface area contributed by atoms with Crippen molar-refractivity contribution in [2.75, 3.05) is 30.6 Å². The first kappa shape index (κ1) is 14.8. The molecule has 0 aromatic rings. The molecule has 0 amide bonds. The molecule has 8 heteroatoms. The van der Waals surface area contributed by atoms with E-state index in [0.29, 0.717) is 0 Å². The Hall–Kier alpha value is -0.180. The monoisotopic (exact) mass is 260 g/mol. The summed E-state index contributed by atoms with van der Waals surface area (Å²) in [6.45, 7) is 0.0176. The van der Waals surface area contributed by atoms with Crippen molar-refractivity contribution >= 4 is 19.7 Å². The molecule has 1 unspecified atom stereocenters. The molecule has 0 spiro atoms. The zero-order valence-electron chi connectivity index (χ0n) is 8.71. The quantitative estimate of drug-likeness (QED) is 0.456. The van der Waals surface area contributed by atoms with Crippen LogP contribution in [0.1, 0.15) is 6.42 Å². The van der Waals surface area contributed by atoms with Crippen molar-refractivity contribution in [2.24, 2.45) is 0 Å². The fourth-order valence-electron chi connectivity index (χ4n) is 0.848. The van der Waals surface area contributed by atoms with Crippen LogP contribution in [0, 0.1) is 0 Å². The first-order valence-corrected chi connectivity index (χ1v) is 8.37. The molecule has 6 nitrogen and oxygen atoms in total. The summed E-state index contributed by atoms with van der Waals surface area (Å²) in [4.78, 5) is 0. The number of aliphatic hydroxyl groups is 1. The maximum absolute atomic E-state index is 10.7. The van der Waals surface area contributed by atoms with Crippen molar-refractivity contribution in [2.45, 2.75) is 12.7 Å². The Balaban J connectivity index is 3.70.